The van der Waals surface area contributed by atoms with E-state index in [1.165, 1.54) is 0 Å². The van der Waals surface area contributed by atoms with Crippen molar-refractivity contribution in [3.63, 3.8) is 0 Å². The number of nitrogens with one attached hydrogen (secondary N) is 1. The predicted molar refractivity (Wildman–Crippen MR) is 62.7 cm³/mol. The Bertz CT molecular complexity index is 604. The number of carbonyl (C=O) groups is 1. The maximum Gasteiger partial charge on any atom is 0.313 e. The molecule has 0 aliphatic rings. The molecule has 17 heavy (non-hydrogen) atoms. The fourth-order valence-electron chi connectivity index (χ4n) is 1.57. The molecule has 1 aromatic heterocycles. The van der Waals surface area contributed by atoms with Crippen LogP contribution >= 0.6 is 0 Å². The number of ether oxygens (including phenoxy) is 1. The second kappa shape index (κ2) is 4.78. The molecule has 5 nitrogen and oxygen atoms in total. The van der Waals surface area contributed by atoms with E-state index in [9.17, 15) is 9.59 Å². The van der Waals surface area contributed by atoms with Crippen molar-refractivity contribution in [1.29, 1.82) is 0 Å². The van der Waals surface area contributed by atoms with Crippen LogP contribution in [0.1, 0.15) is 12.7 Å². The van der Waals surface area contributed by atoms with E-state index in [0.29, 0.717) is 23.3 Å². The predicted octanol–water partition coefficient (Wildman–Crippen LogP) is 1.03. The highest BCUT2D eigenvalue weighted by Crippen LogP contribution is 2.05. The molecule has 0 spiro atoms. The molecule has 0 saturated heterocycles. The van der Waals surface area contributed by atoms with Gasteiger partial charge >= 0.3 is 5.97 Å². The Morgan fingerprint density at radius 1 is 1.41 bits per heavy atom. The lowest BCUT2D eigenvalue weighted by molar-refractivity contribution is -0.142. The van der Waals surface area contributed by atoms with Crippen molar-refractivity contribution >= 4 is 16.9 Å². The average molecular weight is 232 g/mol. The lowest BCUT2D eigenvalue weighted by Crippen LogP contribution is -2.16. The van der Waals surface area contributed by atoms with Crippen molar-refractivity contribution < 1.29 is 9.53 Å². The van der Waals surface area contributed by atoms with E-state index >= 15 is 0 Å². The molecular formula is C12H12N2O3. The van der Waals surface area contributed by atoms with E-state index in [1.54, 1.807) is 31.2 Å². The Kier molecular flexibility index (Phi) is 3.18. The second-order valence-corrected chi connectivity index (χ2v) is 3.51. The van der Waals surface area contributed by atoms with E-state index in [4.69, 9.17) is 4.74 Å². The summed E-state index contributed by atoms with van der Waals surface area (Å²) in [5, 5.41) is 0.514. The van der Waals surface area contributed by atoms with Gasteiger partial charge in [-0.15, -0.1) is 0 Å². The summed E-state index contributed by atoms with van der Waals surface area (Å²) in [5.74, 6) is -0.0712. The van der Waals surface area contributed by atoms with Crippen molar-refractivity contribution in [1.82, 2.24) is 9.97 Å². The normalized spacial score (nSPS) is 10.4. The number of nitrogens with zero attached hydrogens (tertiary/aromatic N) is 1. The highest BCUT2D eigenvalue weighted by atomic mass is 16.5. The Hall–Kier alpha value is -2.17. The van der Waals surface area contributed by atoms with Crippen molar-refractivity contribution in [2.45, 2.75) is 13.3 Å². The Labute approximate surface area is 97.4 Å². The van der Waals surface area contributed by atoms with Gasteiger partial charge < -0.3 is 9.72 Å². The zero-order valence-corrected chi connectivity index (χ0v) is 9.40. The van der Waals surface area contributed by atoms with Crippen LogP contribution in [0.3, 0.4) is 0 Å². The number of aromatic nitrogens is 2. The van der Waals surface area contributed by atoms with Gasteiger partial charge in [0, 0.05) is 0 Å². The molecule has 1 heterocycles. The Morgan fingerprint density at radius 2 is 2.18 bits per heavy atom. The van der Waals surface area contributed by atoms with Gasteiger partial charge in [0.25, 0.3) is 5.56 Å². The molecule has 5 heteroatoms. The maximum atomic E-state index is 11.7. The summed E-state index contributed by atoms with van der Waals surface area (Å²) in [4.78, 5) is 29.7. The number of hydrogen-bond acceptors (Lipinski definition) is 4. The van der Waals surface area contributed by atoms with E-state index in [0.717, 1.165) is 0 Å². The molecule has 0 radical (unpaired) electrons. The summed E-state index contributed by atoms with van der Waals surface area (Å²) in [7, 11) is 0. The molecule has 1 N–H and O–H groups in total. The molecule has 0 amide bonds. The van der Waals surface area contributed by atoms with Gasteiger partial charge in [-0.05, 0) is 19.1 Å². The first kappa shape index (κ1) is 11.3. The minimum atomic E-state index is -0.397. The number of carbonyl (C=O) groups excluding carboxylic acids is 1. The molecule has 0 bridgehead atoms. The van der Waals surface area contributed by atoms with Gasteiger partial charge in [-0.3, -0.25) is 9.59 Å². The lowest BCUT2D eigenvalue weighted by Gasteiger charge is -2.02. The minimum Gasteiger partial charge on any atom is -0.466 e. The summed E-state index contributed by atoms with van der Waals surface area (Å²) in [6.07, 6.45) is -0.0199. The number of esters is 1. The molecule has 88 valence electrons. The third kappa shape index (κ3) is 2.50. The molecule has 0 aliphatic carbocycles. The Balaban J connectivity index is 2.37. The highest BCUT2D eigenvalue weighted by molar-refractivity contribution is 5.78. The van der Waals surface area contributed by atoms with Gasteiger partial charge in [-0.25, -0.2) is 4.98 Å². The van der Waals surface area contributed by atoms with Crippen molar-refractivity contribution in [2.24, 2.45) is 0 Å². The number of benzene rings is 1. The summed E-state index contributed by atoms with van der Waals surface area (Å²) >= 11 is 0. The van der Waals surface area contributed by atoms with Crippen molar-refractivity contribution in [3.8, 4) is 0 Å². The van der Waals surface area contributed by atoms with Gasteiger partial charge in [0.2, 0.25) is 0 Å². The average Bonchev–Trinajstić information content (AvgIpc) is 2.29. The van der Waals surface area contributed by atoms with Crippen LogP contribution in [-0.2, 0) is 16.0 Å². The second-order valence-electron chi connectivity index (χ2n) is 3.51. The smallest absolute Gasteiger partial charge is 0.313 e. The molecule has 2 aromatic rings. The fraction of sp³-hybridized carbons (Fsp3) is 0.250. The third-order valence-corrected chi connectivity index (χ3v) is 2.28. The number of para-hydroxylation sites is 1. The SMILES string of the molecule is CCOC(=O)Cc1nc2ccccc2c(=O)[nH]1. The number of fused-ring (bicyclic) bond motifs is 1. The molecule has 0 aliphatic heterocycles. The summed E-state index contributed by atoms with van der Waals surface area (Å²) in [5.41, 5.74) is 0.338. The first-order valence-corrected chi connectivity index (χ1v) is 5.34. The number of H-pyrrole nitrogens is 1. The van der Waals surface area contributed by atoms with Gasteiger partial charge in [0.15, 0.2) is 0 Å². The van der Waals surface area contributed by atoms with E-state index in [2.05, 4.69) is 9.97 Å². The largest absolute Gasteiger partial charge is 0.466 e. The summed E-state index contributed by atoms with van der Waals surface area (Å²) in [6.45, 7) is 2.05. The summed E-state index contributed by atoms with van der Waals surface area (Å²) in [6, 6.07) is 6.99. The highest BCUT2D eigenvalue weighted by Gasteiger charge is 2.08. The number of hydrogen-bond donors (Lipinski definition) is 1. The molecule has 0 saturated carbocycles. The maximum absolute atomic E-state index is 11.7. The quantitative estimate of drug-likeness (QED) is 0.802. The van der Waals surface area contributed by atoms with Crippen LogP contribution in [0.15, 0.2) is 29.1 Å². The van der Waals surface area contributed by atoms with Crippen LogP contribution in [0, 0.1) is 0 Å². The number of rotatable bonds is 3. The van der Waals surface area contributed by atoms with Crippen LogP contribution in [-0.4, -0.2) is 22.5 Å². The third-order valence-electron chi connectivity index (χ3n) is 2.28. The minimum absolute atomic E-state index is 0.0199. The zero-order chi connectivity index (χ0) is 12.3. The molecule has 1 aromatic carbocycles. The first-order chi connectivity index (χ1) is 8.20. The van der Waals surface area contributed by atoms with Crippen LogP contribution in [0.5, 0.6) is 0 Å². The molecule has 2 rings (SSSR count). The van der Waals surface area contributed by atoms with Gasteiger partial charge in [-0.2, -0.15) is 0 Å². The zero-order valence-electron chi connectivity index (χ0n) is 9.40. The number of aromatic amines is 1. The standard InChI is InChI=1S/C12H12N2O3/c1-2-17-11(15)7-10-13-9-6-4-3-5-8(9)12(16)14-10/h3-6H,2,7H2,1H3,(H,13,14,16). The topological polar surface area (TPSA) is 72.0 Å². The van der Waals surface area contributed by atoms with E-state index < -0.39 is 5.97 Å². The molecule has 0 fully saturated rings. The van der Waals surface area contributed by atoms with Crippen LogP contribution in [0.25, 0.3) is 10.9 Å². The van der Waals surface area contributed by atoms with Crippen LogP contribution in [0.4, 0.5) is 0 Å². The molecular weight excluding hydrogens is 220 g/mol. The van der Waals surface area contributed by atoms with Crippen LogP contribution in [0.2, 0.25) is 0 Å². The van der Waals surface area contributed by atoms with Gasteiger partial charge in [0.1, 0.15) is 12.2 Å². The van der Waals surface area contributed by atoms with Crippen LogP contribution < -0.4 is 5.56 Å². The molecule has 0 unspecified atom stereocenters. The van der Waals surface area contributed by atoms with E-state index in [1.807, 2.05) is 0 Å². The van der Waals surface area contributed by atoms with Crippen molar-refractivity contribution in [3.05, 3.63) is 40.4 Å². The van der Waals surface area contributed by atoms with Gasteiger partial charge in [-0.1, -0.05) is 12.1 Å². The van der Waals surface area contributed by atoms with E-state index in [-0.39, 0.29) is 12.0 Å². The monoisotopic (exact) mass is 232 g/mol. The van der Waals surface area contributed by atoms with Crippen molar-refractivity contribution in [2.75, 3.05) is 6.61 Å². The summed E-state index contributed by atoms with van der Waals surface area (Å²) < 4.78 is 4.80. The molecule has 0 atom stereocenters. The van der Waals surface area contributed by atoms with Gasteiger partial charge in [0.05, 0.1) is 17.5 Å². The fourth-order valence-corrected chi connectivity index (χ4v) is 1.57. The Morgan fingerprint density at radius 3 is 2.94 bits per heavy atom. The first-order valence-electron chi connectivity index (χ1n) is 5.34. The lowest BCUT2D eigenvalue weighted by atomic mass is 10.2.